The fourth-order valence-corrected chi connectivity index (χ4v) is 3.59. The van der Waals surface area contributed by atoms with Crippen LogP contribution in [0.15, 0.2) is 30.3 Å². The molecule has 1 atom stereocenters. The van der Waals surface area contributed by atoms with Gasteiger partial charge in [-0.25, -0.2) is 4.98 Å². The number of nitrogens with one attached hydrogen (secondary N) is 3. The van der Waals surface area contributed by atoms with Gasteiger partial charge < -0.3 is 35.5 Å². The number of morpholine rings is 1. The molecule has 32 heavy (non-hydrogen) atoms. The molecule has 1 aliphatic heterocycles. The summed E-state index contributed by atoms with van der Waals surface area (Å²) in [6.07, 6.45) is 0.802. The number of hydrogen-bond donors (Lipinski definition) is 4. The zero-order chi connectivity index (χ0) is 22.9. The fourth-order valence-electron chi connectivity index (χ4n) is 3.59. The maximum absolute atomic E-state index is 10.0. The van der Waals surface area contributed by atoms with E-state index in [2.05, 4.69) is 29.4 Å². The minimum atomic E-state index is -0.571. The average molecular weight is 442 g/mol. The SMILES string of the molecule is CCNCC(O)COc1cccc(-c2cc(N3CCOCC3)c(C=N)c(NC(C)C)n2)c1. The minimum Gasteiger partial charge on any atom is -0.491 e. The molecule has 2 heterocycles. The number of anilines is 2. The highest BCUT2D eigenvalue weighted by Crippen LogP contribution is 2.32. The molecular formula is C24H35N5O3. The summed E-state index contributed by atoms with van der Waals surface area (Å²) in [5.41, 5.74) is 3.48. The van der Waals surface area contributed by atoms with E-state index in [1.807, 2.05) is 37.3 Å². The van der Waals surface area contributed by atoms with E-state index in [0.717, 1.165) is 42.1 Å². The van der Waals surface area contributed by atoms with Crippen molar-refractivity contribution in [3.05, 3.63) is 35.9 Å². The van der Waals surface area contributed by atoms with Crippen molar-refractivity contribution < 1.29 is 14.6 Å². The summed E-state index contributed by atoms with van der Waals surface area (Å²) in [6.45, 7) is 10.5. The highest BCUT2D eigenvalue weighted by atomic mass is 16.5. The molecule has 1 aromatic carbocycles. The lowest BCUT2D eigenvalue weighted by atomic mass is 10.1. The Bertz CT molecular complexity index is 884. The normalized spacial score (nSPS) is 15.0. The van der Waals surface area contributed by atoms with Crippen LogP contribution in [0.1, 0.15) is 26.3 Å². The lowest BCUT2D eigenvalue weighted by Gasteiger charge is -2.31. The quantitative estimate of drug-likeness (QED) is 0.398. The summed E-state index contributed by atoms with van der Waals surface area (Å²) in [4.78, 5) is 7.10. The predicted molar refractivity (Wildman–Crippen MR) is 129 cm³/mol. The predicted octanol–water partition coefficient (Wildman–Crippen LogP) is 2.75. The van der Waals surface area contributed by atoms with Crippen LogP contribution in [0.3, 0.4) is 0 Å². The Morgan fingerprint density at radius 3 is 2.75 bits per heavy atom. The van der Waals surface area contributed by atoms with Gasteiger partial charge in [0.2, 0.25) is 0 Å². The Morgan fingerprint density at radius 1 is 1.28 bits per heavy atom. The third kappa shape index (κ3) is 6.41. The molecule has 0 saturated carbocycles. The molecule has 0 bridgehead atoms. The van der Waals surface area contributed by atoms with Gasteiger partial charge in [-0.3, -0.25) is 0 Å². The third-order valence-corrected chi connectivity index (χ3v) is 5.16. The Morgan fingerprint density at radius 2 is 2.06 bits per heavy atom. The lowest BCUT2D eigenvalue weighted by molar-refractivity contribution is 0.107. The molecule has 8 heteroatoms. The summed E-state index contributed by atoms with van der Waals surface area (Å²) in [5, 5.41) is 24.6. The van der Waals surface area contributed by atoms with Crippen LogP contribution in [0.2, 0.25) is 0 Å². The summed E-state index contributed by atoms with van der Waals surface area (Å²) >= 11 is 0. The van der Waals surface area contributed by atoms with Crippen LogP contribution < -0.4 is 20.3 Å². The third-order valence-electron chi connectivity index (χ3n) is 5.16. The van der Waals surface area contributed by atoms with Crippen LogP contribution in [0.4, 0.5) is 11.5 Å². The summed E-state index contributed by atoms with van der Waals surface area (Å²) in [7, 11) is 0. The average Bonchev–Trinajstić information content (AvgIpc) is 2.81. The van der Waals surface area contributed by atoms with Crippen LogP contribution >= 0.6 is 0 Å². The molecule has 1 fully saturated rings. The van der Waals surface area contributed by atoms with Crippen molar-refractivity contribution in [3.8, 4) is 17.0 Å². The lowest BCUT2D eigenvalue weighted by Crippen LogP contribution is -2.37. The molecule has 0 aliphatic carbocycles. The Balaban J connectivity index is 1.91. The molecule has 2 aromatic rings. The summed E-state index contributed by atoms with van der Waals surface area (Å²) in [6, 6.07) is 9.96. The van der Waals surface area contributed by atoms with Gasteiger partial charge in [-0.05, 0) is 38.6 Å². The van der Waals surface area contributed by atoms with E-state index >= 15 is 0 Å². The zero-order valence-corrected chi connectivity index (χ0v) is 19.2. The number of aromatic nitrogens is 1. The van der Waals surface area contributed by atoms with Crippen molar-refractivity contribution in [1.82, 2.24) is 10.3 Å². The van der Waals surface area contributed by atoms with Gasteiger partial charge in [-0.15, -0.1) is 0 Å². The number of aliphatic hydroxyl groups excluding tert-OH is 1. The highest BCUT2D eigenvalue weighted by Gasteiger charge is 2.20. The second kappa shape index (κ2) is 11.8. The topological polar surface area (TPSA) is 103 Å². The Hall–Kier alpha value is -2.68. The molecule has 1 aromatic heterocycles. The number of pyridine rings is 1. The van der Waals surface area contributed by atoms with Gasteiger partial charge >= 0.3 is 0 Å². The van der Waals surface area contributed by atoms with Gasteiger partial charge in [0.15, 0.2) is 0 Å². The molecule has 1 unspecified atom stereocenters. The van der Waals surface area contributed by atoms with E-state index in [1.165, 1.54) is 6.21 Å². The highest BCUT2D eigenvalue weighted by molar-refractivity contribution is 5.94. The number of aliphatic hydroxyl groups is 1. The van der Waals surface area contributed by atoms with Crippen molar-refractivity contribution in [2.45, 2.75) is 32.9 Å². The van der Waals surface area contributed by atoms with Crippen molar-refractivity contribution in [1.29, 1.82) is 5.41 Å². The first-order valence-corrected chi connectivity index (χ1v) is 11.3. The van der Waals surface area contributed by atoms with Crippen LogP contribution in [0.25, 0.3) is 11.3 Å². The van der Waals surface area contributed by atoms with Crippen molar-refractivity contribution >= 4 is 17.7 Å². The fraction of sp³-hybridized carbons (Fsp3) is 0.500. The first-order valence-electron chi connectivity index (χ1n) is 11.3. The van der Waals surface area contributed by atoms with Crippen LogP contribution in [0, 0.1) is 5.41 Å². The van der Waals surface area contributed by atoms with Crippen LogP contribution in [-0.2, 0) is 4.74 Å². The summed E-state index contributed by atoms with van der Waals surface area (Å²) < 4.78 is 11.3. The van der Waals surface area contributed by atoms with E-state index in [4.69, 9.17) is 19.9 Å². The maximum Gasteiger partial charge on any atom is 0.137 e. The zero-order valence-electron chi connectivity index (χ0n) is 19.2. The molecule has 4 N–H and O–H groups in total. The standard InChI is InChI=1S/C24H35N5O3/c1-4-26-15-19(30)16-32-20-7-5-6-18(12-20)22-13-23(29-8-10-31-11-9-29)21(14-25)24(28-22)27-17(2)3/h5-7,12-14,17,19,25-26,30H,4,8-11,15-16H2,1-3H3,(H,27,28). The van der Waals surface area contributed by atoms with E-state index in [1.54, 1.807) is 0 Å². The molecule has 3 rings (SSSR count). The molecule has 1 aliphatic rings. The monoisotopic (exact) mass is 441 g/mol. The van der Waals surface area contributed by atoms with Crippen LogP contribution in [0.5, 0.6) is 5.75 Å². The number of benzene rings is 1. The van der Waals surface area contributed by atoms with E-state index < -0.39 is 6.10 Å². The molecular weight excluding hydrogens is 406 g/mol. The van der Waals surface area contributed by atoms with Crippen LogP contribution in [-0.4, -0.2) is 74.5 Å². The van der Waals surface area contributed by atoms with Gasteiger partial charge in [0, 0.05) is 37.5 Å². The summed E-state index contributed by atoms with van der Waals surface area (Å²) in [5.74, 6) is 1.38. The number of ether oxygens (including phenoxy) is 2. The molecule has 0 amide bonds. The van der Waals surface area contributed by atoms with Gasteiger partial charge in [0.25, 0.3) is 0 Å². The molecule has 0 radical (unpaired) electrons. The van der Waals surface area contributed by atoms with E-state index in [9.17, 15) is 5.11 Å². The minimum absolute atomic E-state index is 0.182. The Labute approximate surface area is 190 Å². The largest absolute Gasteiger partial charge is 0.491 e. The van der Waals surface area contributed by atoms with Gasteiger partial charge in [0.05, 0.1) is 30.2 Å². The van der Waals surface area contributed by atoms with Crippen molar-refractivity contribution in [2.75, 3.05) is 56.2 Å². The number of rotatable bonds is 11. The van der Waals surface area contributed by atoms with Gasteiger partial charge in [0.1, 0.15) is 24.3 Å². The van der Waals surface area contributed by atoms with Gasteiger partial charge in [-0.1, -0.05) is 19.1 Å². The smallest absolute Gasteiger partial charge is 0.137 e. The second-order valence-corrected chi connectivity index (χ2v) is 8.13. The molecule has 8 nitrogen and oxygen atoms in total. The van der Waals surface area contributed by atoms with Crippen molar-refractivity contribution in [3.63, 3.8) is 0 Å². The number of hydrogen-bond acceptors (Lipinski definition) is 8. The van der Waals surface area contributed by atoms with E-state index in [-0.39, 0.29) is 12.6 Å². The molecule has 0 spiro atoms. The Kier molecular flexibility index (Phi) is 8.84. The van der Waals surface area contributed by atoms with Crippen molar-refractivity contribution in [2.24, 2.45) is 0 Å². The maximum atomic E-state index is 10.0. The van der Waals surface area contributed by atoms with E-state index in [0.29, 0.717) is 31.3 Å². The van der Waals surface area contributed by atoms with Gasteiger partial charge in [-0.2, -0.15) is 0 Å². The number of nitrogens with zero attached hydrogens (tertiary/aromatic N) is 2. The molecule has 1 saturated heterocycles. The first-order chi connectivity index (χ1) is 15.5. The number of likely N-dealkylation sites (N-methyl/N-ethyl adjacent to an activating group) is 1. The first kappa shape index (κ1) is 24.0. The second-order valence-electron chi connectivity index (χ2n) is 8.13. The molecule has 174 valence electrons.